The molecule has 6 nitrogen and oxygen atoms in total. The summed E-state index contributed by atoms with van der Waals surface area (Å²) in [5, 5.41) is 0. The van der Waals surface area contributed by atoms with E-state index in [4.69, 9.17) is 15.2 Å². The lowest BCUT2D eigenvalue weighted by Crippen LogP contribution is -2.41. The van der Waals surface area contributed by atoms with Gasteiger partial charge in [-0.3, -0.25) is 4.79 Å². The molecule has 29 heavy (non-hydrogen) atoms. The van der Waals surface area contributed by atoms with E-state index in [1.54, 1.807) is 7.11 Å². The molecule has 1 aliphatic heterocycles. The standard InChI is InChI=1S/C22H31N3O3.ClH/c1-16-15-21(17(2)25(16)18-5-7-19(27-3)8-6-18)22(26)24-12-9-20(10-13-24)28-14-4-11-23;/h5-8,15,20H,4,9-14,23H2,1-3H3;1H. The van der Waals surface area contributed by atoms with Gasteiger partial charge < -0.3 is 24.7 Å². The Morgan fingerprint density at radius 2 is 1.83 bits per heavy atom. The maximum Gasteiger partial charge on any atom is 0.255 e. The lowest BCUT2D eigenvalue weighted by Gasteiger charge is -2.32. The van der Waals surface area contributed by atoms with E-state index in [1.807, 2.05) is 49.1 Å². The predicted molar refractivity (Wildman–Crippen MR) is 118 cm³/mol. The largest absolute Gasteiger partial charge is 0.497 e. The number of piperidine rings is 1. The fourth-order valence-corrected chi connectivity index (χ4v) is 3.84. The molecule has 1 aromatic heterocycles. The first kappa shape index (κ1) is 23.3. The van der Waals surface area contributed by atoms with Crippen LogP contribution >= 0.6 is 12.4 Å². The highest BCUT2D eigenvalue weighted by molar-refractivity contribution is 5.96. The molecule has 0 spiro atoms. The molecule has 0 unspecified atom stereocenters. The zero-order chi connectivity index (χ0) is 20.1. The molecule has 7 heteroatoms. The van der Waals surface area contributed by atoms with Gasteiger partial charge in [0.15, 0.2) is 0 Å². The first-order valence-electron chi connectivity index (χ1n) is 9.99. The molecule has 160 valence electrons. The summed E-state index contributed by atoms with van der Waals surface area (Å²) in [6.45, 7) is 6.87. The highest BCUT2D eigenvalue weighted by atomic mass is 35.5. The molecule has 0 bridgehead atoms. The number of halogens is 1. The number of hydrogen-bond acceptors (Lipinski definition) is 4. The molecular formula is C22H32ClN3O3. The van der Waals surface area contributed by atoms with Gasteiger partial charge in [-0.1, -0.05) is 0 Å². The summed E-state index contributed by atoms with van der Waals surface area (Å²) in [7, 11) is 1.66. The molecule has 2 aromatic rings. The van der Waals surface area contributed by atoms with Gasteiger partial charge >= 0.3 is 0 Å². The molecular weight excluding hydrogens is 390 g/mol. The van der Waals surface area contributed by atoms with Crippen molar-refractivity contribution in [3.63, 3.8) is 0 Å². The molecule has 2 N–H and O–H groups in total. The van der Waals surface area contributed by atoms with Gasteiger partial charge in [-0.15, -0.1) is 12.4 Å². The summed E-state index contributed by atoms with van der Waals surface area (Å²) in [5.41, 5.74) is 9.33. The third kappa shape index (κ3) is 5.32. The number of aromatic nitrogens is 1. The average Bonchev–Trinajstić information content (AvgIpc) is 3.02. The number of likely N-dealkylation sites (tertiary alicyclic amines) is 1. The van der Waals surface area contributed by atoms with E-state index in [0.29, 0.717) is 13.2 Å². The number of amides is 1. The van der Waals surface area contributed by atoms with Crippen molar-refractivity contribution in [3.05, 3.63) is 47.3 Å². The molecule has 1 aromatic carbocycles. The number of rotatable bonds is 7. The van der Waals surface area contributed by atoms with Crippen LogP contribution in [0.2, 0.25) is 0 Å². The van der Waals surface area contributed by atoms with Crippen LogP contribution in [0, 0.1) is 13.8 Å². The number of aryl methyl sites for hydroxylation is 1. The number of nitrogens with two attached hydrogens (primary N) is 1. The van der Waals surface area contributed by atoms with Crippen LogP contribution in [0.15, 0.2) is 30.3 Å². The molecule has 0 atom stereocenters. The monoisotopic (exact) mass is 421 g/mol. The highest BCUT2D eigenvalue weighted by Crippen LogP contribution is 2.25. The predicted octanol–water partition coefficient (Wildman–Crippen LogP) is 3.49. The maximum absolute atomic E-state index is 13.1. The first-order valence-corrected chi connectivity index (χ1v) is 9.99. The Morgan fingerprint density at radius 3 is 2.41 bits per heavy atom. The first-order chi connectivity index (χ1) is 13.5. The summed E-state index contributed by atoms with van der Waals surface area (Å²) in [5.74, 6) is 0.923. The number of carbonyl (C=O) groups excluding carboxylic acids is 1. The highest BCUT2D eigenvalue weighted by Gasteiger charge is 2.26. The number of hydrogen-bond donors (Lipinski definition) is 1. The van der Waals surface area contributed by atoms with Crippen molar-refractivity contribution >= 4 is 18.3 Å². The summed E-state index contributed by atoms with van der Waals surface area (Å²) >= 11 is 0. The van der Waals surface area contributed by atoms with Crippen molar-refractivity contribution in [2.45, 2.75) is 39.2 Å². The SMILES string of the molecule is COc1ccc(-n2c(C)cc(C(=O)N3CCC(OCCCN)CC3)c2C)cc1.Cl. The van der Waals surface area contributed by atoms with Gasteiger partial charge in [0.1, 0.15) is 5.75 Å². The van der Waals surface area contributed by atoms with Gasteiger partial charge in [-0.2, -0.15) is 0 Å². The third-order valence-electron chi connectivity index (χ3n) is 5.42. The molecule has 0 saturated carbocycles. The Hall–Kier alpha value is -2.02. The minimum atomic E-state index is 0. The van der Waals surface area contributed by atoms with Gasteiger partial charge in [0.05, 0.1) is 18.8 Å². The Kier molecular flexibility index (Phi) is 8.56. The Labute approximate surface area is 179 Å². The zero-order valence-corrected chi connectivity index (χ0v) is 18.3. The minimum Gasteiger partial charge on any atom is -0.497 e. The molecule has 1 saturated heterocycles. The maximum atomic E-state index is 13.1. The van der Waals surface area contributed by atoms with Crippen LogP contribution in [0.25, 0.3) is 5.69 Å². The summed E-state index contributed by atoms with van der Waals surface area (Å²) in [6.07, 6.45) is 2.89. The number of methoxy groups -OCH3 is 1. The second-order valence-electron chi connectivity index (χ2n) is 7.32. The van der Waals surface area contributed by atoms with Crippen molar-refractivity contribution < 1.29 is 14.3 Å². The number of nitrogens with zero attached hydrogens (tertiary/aromatic N) is 2. The van der Waals surface area contributed by atoms with E-state index in [2.05, 4.69) is 4.57 Å². The van der Waals surface area contributed by atoms with Crippen molar-refractivity contribution in [1.29, 1.82) is 0 Å². The van der Waals surface area contributed by atoms with Gasteiger partial charge in [-0.25, -0.2) is 0 Å². The van der Waals surface area contributed by atoms with Crippen LogP contribution in [0.4, 0.5) is 0 Å². The van der Waals surface area contributed by atoms with Crippen LogP contribution in [0.1, 0.15) is 41.0 Å². The van der Waals surface area contributed by atoms with Gasteiger partial charge in [0, 0.05) is 36.8 Å². The fraction of sp³-hybridized carbons (Fsp3) is 0.500. The minimum absolute atomic E-state index is 0. The fourth-order valence-electron chi connectivity index (χ4n) is 3.84. The number of ether oxygens (including phenoxy) is 2. The Bertz CT molecular complexity index is 796. The lowest BCUT2D eigenvalue weighted by molar-refractivity contribution is 0.00843. The molecule has 1 aliphatic rings. The average molecular weight is 422 g/mol. The normalized spacial score (nSPS) is 14.6. The molecule has 1 fully saturated rings. The van der Waals surface area contributed by atoms with E-state index in [-0.39, 0.29) is 24.4 Å². The summed E-state index contributed by atoms with van der Waals surface area (Å²) in [4.78, 5) is 15.1. The Balaban J connectivity index is 0.00000300. The van der Waals surface area contributed by atoms with E-state index < -0.39 is 0 Å². The molecule has 0 aliphatic carbocycles. The number of carbonyl (C=O) groups is 1. The lowest BCUT2D eigenvalue weighted by atomic mass is 10.1. The van der Waals surface area contributed by atoms with Crippen LogP contribution in [-0.2, 0) is 4.74 Å². The second kappa shape index (κ2) is 10.7. The summed E-state index contributed by atoms with van der Waals surface area (Å²) in [6, 6.07) is 9.89. The van der Waals surface area contributed by atoms with Crippen LogP contribution in [-0.4, -0.2) is 54.8 Å². The molecule has 0 radical (unpaired) electrons. The van der Waals surface area contributed by atoms with Crippen LogP contribution in [0.5, 0.6) is 5.75 Å². The Morgan fingerprint density at radius 1 is 1.17 bits per heavy atom. The van der Waals surface area contributed by atoms with Crippen LogP contribution in [0.3, 0.4) is 0 Å². The third-order valence-corrected chi connectivity index (χ3v) is 5.42. The van der Waals surface area contributed by atoms with Crippen molar-refractivity contribution in [1.82, 2.24) is 9.47 Å². The van der Waals surface area contributed by atoms with Crippen LogP contribution < -0.4 is 10.5 Å². The number of benzene rings is 1. The smallest absolute Gasteiger partial charge is 0.255 e. The zero-order valence-electron chi connectivity index (χ0n) is 17.5. The summed E-state index contributed by atoms with van der Waals surface area (Å²) < 4.78 is 13.2. The van der Waals surface area contributed by atoms with Gasteiger partial charge in [-0.05, 0) is 70.0 Å². The van der Waals surface area contributed by atoms with E-state index in [0.717, 1.165) is 60.7 Å². The quantitative estimate of drug-likeness (QED) is 0.694. The topological polar surface area (TPSA) is 69.7 Å². The van der Waals surface area contributed by atoms with Gasteiger partial charge in [0.25, 0.3) is 5.91 Å². The molecule has 1 amide bonds. The molecule has 2 heterocycles. The van der Waals surface area contributed by atoms with Crippen molar-refractivity contribution in [3.8, 4) is 11.4 Å². The molecule has 3 rings (SSSR count). The van der Waals surface area contributed by atoms with E-state index >= 15 is 0 Å². The second-order valence-corrected chi connectivity index (χ2v) is 7.32. The van der Waals surface area contributed by atoms with Gasteiger partial charge in [0.2, 0.25) is 0 Å². The van der Waals surface area contributed by atoms with Crippen molar-refractivity contribution in [2.24, 2.45) is 5.73 Å². The van der Waals surface area contributed by atoms with E-state index in [1.165, 1.54) is 0 Å². The van der Waals surface area contributed by atoms with Crippen molar-refractivity contribution in [2.75, 3.05) is 33.4 Å². The van der Waals surface area contributed by atoms with E-state index in [9.17, 15) is 4.79 Å².